The van der Waals surface area contributed by atoms with Crippen molar-refractivity contribution < 1.29 is 18.7 Å². The maximum Gasteiger partial charge on any atom is 0.317 e. The second-order valence-electron chi connectivity index (χ2n) is 10.2. The summed E-state index contributed by atoms with van der Waals surface area (Å²) in [4.78, 5) is 29.3. The molecule has 0 bridgehead atoms. The number of amides is 1. The zero-order valence-electron chi connectivity index (χ0n) is 21.0. The molecule has 8 heteroatoms. The number of carbonyl (C=O) groups is 2. The Morgan fingerprint density at radius 3 is 2.63 bits per heavy atom. The molecule has 38 heavy (non-hydrogen) atoms. The number of fused-ring (bicyclic) bond motifs is 1. The standard InChI is InChI=1S/C30H29FN2O3S2/c31-22-9-4-8-21(18-22)30(13-1-2-14-30)29(35)36-19-26(34)33-28(25-12-6-16-38-25)24-11-3-7-20(27(24)32-33)17-23-10-5-15-37-23/h4-6,8-10,12,15-18,24,28H,1-3,7,11,13-14,19H2/b20-17+/t24-,28+/m1/s1. The SMILES string of the molecule is O=C(COC(=O)C1(c2cccc(F)c2)CCCC1)N1N=C2/C(=C/c3cccs3)CCC[C@H]2[C@H]1c1cccs1. The number of hydrazone groups is 1. The molecule has 2 aromatic heterocycles. The van der Waals surface area contributed by atoms with Crippen LogP contribution in [0.2, 0.25) is 0 Å². The molecule has 0 N–H and O–H groups in total. The van der Waals surface area contributed by atoms with E-state index in [-0.39, 0.29) is 30.3 Å². The largest absolute Gasteiger partial charge is 0.455 e. The molecule has 1 aliphatic heterocycles. The van der Waals surface area contributed by atoms with Crippen LogP contribution in [0.15, 0.2) is 70.0 Å². The Balaban J connectivity index is 1.25. The van der Waals surface area contributed by atoms with Gasteiger partial charge in [0, 0.05) is 15.7 Å². The topological polar surface area (TPSA) is 59.0 Å². The molecular weight excluding hydrogens is 519 g/mol. The van der Waals surface area contributed by atoms with Crippen LogP contribution in [0, 0.1) is 11.7 Å². The maximum atomic E-state index is 14.0. The molecule has 2 aliphatic carbocycles. The monoisotopic (exact) mass is 548 g/mol. The summed E-state index contributed by atoms with van der Waals surface area (Å²) in [5.41, 5.74) is 1.86. The molecule has 6 rings (SSSR count). The van der Waals surface area contributed by atoms with E-state index >= 15 is 0 Å². The first-order chi connectivity index (χ1) is 18.5. The highest BCUT2D eigenvalue weighted by molar-refractivity contribution is 7.11. The van der Waals surface area contributed by atoms with E-state index in [1.165, 1.54) is 22.6 Å². The summed E-state index contributed by atoms with van der Waals surface area (Å²) in [6, 6.07) is 14.2. The number of carbonyl (C=O) groups excluding carboxylic acids is 2. The van der Waals surface area contributed by atoms with Crippen LogP contribution in [0.25, 0.3) is 6.08 Å². The number of thiophene rings is 2. The molecule has 0 unspecified atom stereocenters. The smallest absolute Gasteiger partial charge is 0.317 e. The molecule has 5 nitrogen and oxygen atoms in total. The average Bonchev–Trinajstić information content (AvgIpc) is 3.73. The fourth-order valence-corrected chi connectivity index (χ4v) is 7.75. The van der Waals surface area contributed by atoms with Gasteiger partial charge in [-0.2, -0.15) is 5.10 Å². The summed E-state index contributed by atoms with van der Waals surface area (Å²) in [5.74, 6) is -1.05. The lowest BCUT2D eigenvalue weighted by molar-refractivity contribution is -0.158. The number of ether oxygens (including phenoxy) is 1. The summed E-state index contributed by atoms with van der Waals surface area (Å²) < 4.78 is 19.7. The normalized spacial score (nSPS) is 23.3. The van der Waals surface area contributed by atoms with Gasteiger partial charge in [-0.1, -0.05) is 37.1 Å². The van der Waals surface area contributed by atoms with Gasteiger partial charge in [0.15, 0.2) is 6.61 Å². The summed E-state index contributed by atoms with van der Waals surface area (Å²) in [6.07, 6.45) is 8.01. The van der Waals surface area contributed by atoms with E-state index in [9.17, 15) is 14.0 Å². The van der Waals surface area contributed by atoms with Crippen molar-refractivity contribution in [3.8, 4) is 0 Å². The van der Waals surface area contributed by atoms with Crippen molar-refractivity contribution in [2.45, 2.75) is 56.4 Å². The Morgan fingerprint density at radius 1 is 1.08 bits per heavy atom. The Labute approximate surface area is 229 Å². The van der Waals surface area contributed by atoms with Gasteiger partial charge in [-0.05, 0) is 84.3 Å². The number of benzene rings is 1. The second-order valence-corrected chi connectivity index (χ2v) is 12.2. The molecule has 3 aromatic rings. The van der Waals surface area contributed by atoms with E-state index in [1.54, 1.807) is 39.8 Å². The predicted octanol–water partition coefficient (Wildman–Crippen LogP) is 7.13. The van der Waals surface area contributed by atoms with Crippen LogP contribution in [0.1, 0.15) is 66.3 Å². The van der Waals surface area contributed by atoms with Crippen LogP contribution in [0.3, 0.4) is 0 Å². The van der Waals surface area contributed by atoms with Gasteiger partial charge >= 0.3 is 5.97 Å². The molecule has 0 saturated heterocycles. The van der Waals surface area contributed by atoms with Crippen molar-refractivity contribution >= 4 is 46.3 Å². The maximum absolute atomic E-state index is 14.0. The summed E-state index contributed by atoms with van der Waals surface area (Å²) in [7, 11) is 0. The number of hydrogen-bond acceptors (Lipinski definition) is 6. The highest BCUT2D eigenvalue weighted by Gasteiger charge is 2.47. The van der Waals surface area contributed by atoms with Crippen molar-refractivity contribution in [3.63, 3.8) is 0 Å². The first kappa shape index (κ1) is 25.2. The third-order valence-corrected chi connectivity index (χ3v) is 9.77. The van der Waals surface area contributed by atoms with E-state index in [4.69, 9.17) is 9.84 Å². The Morgan fingerprint density at radius 2 is 1.89 bits per heavy atom. The van der Waals surface area contributed by atoms with Crippen LogP contribution in [-0.4, -0.2) is 29.2 Å². The lowest BCUT2D eigenvalue weighted by Gasteiger charge is -2.29. The molecule has 3 heterocycles. The quantitative estimate of drug-likeness (QED) is 0.308. The molecule has 1 aromatic carbocycles. The zero-order chi connectivity index (χ0) is 26.1. The lowest BCUT2D eigenvalue weighted by Crippen LogP contribution is -2.39. The predicted molar refractivity (Wildman–Crippen MR) is 148 cm³/mol. The molecule has 196 valence electrons. The Bertz CT molecular complexity index is 1370. The highest BCUT2D eigenvalue weighted by atomic mass is 32.1. The molecule has 2 atom stereocenters. The molecule has 1 amide bonds. The first-order valence-electron chi connectivity index (χ1n) is 13.2. The summed E-state index contributed by atoms with van der Waals surface area (Å²) in [6.45, 7) is -0.384. The molecule has 3 aliphatic rings. The minimum absolute atomic E-state index is 0.113. The Kier molecular flexibility index (Phi) is 7.01. The molecule has 2 fully saturated rings. The number of nitrogens with zero attached hydrogens (tertiary/aromatic N) is 2. The molecule has 0 spiro atoms. The van der Waals surface area contributed by atoms with Crippen molar-refractivity contribution in [2.24, 2.45) is 11.0 Å². The third kappa shape index (κ3) is 4.64. The number of halogens is 1. The summed E-state index contributed by atoms with van der Waals surface area (Å²) in [5, 5.41) is 10.5. The van der Waals surface area contributed by atoms with Gasteiger partial charge < -0.3 is 4.74 Å². The fraction of sp³-hybridized carbons (Fsp3) is 0.367. The van der Waals surface area contributed by atoms with Crippen molar-refractivity contribution in [1.82, 2.24) is 5.01 Å². The van der Waals surface area contributed by atoms with Gasteiger partial charge in [0.2, 0.25) is 0 Å². The van der Waals surface area contributed by atoms with Crippen LogP contribution in [0.5, 0.6) is 0 Å². The van der Waals surface area contributed by atoms with Gasteiger partial charge in [0.05, 0.1) is 17.2 Å². The number of hydrogen-bond donors (Lipinski definition) is 0. The van der Waals surface area contributed by atoms with E-state index in [1.807, 2.05) is 17.5 Å². The highest BCUT2D eigenvalue weighted by Crippen LogP contribution is 2.46. The fourth-order valence-electron chi connectivity index (χ4n) is 6.20. The van der Waals surface area contributed by atoms with Crippen LogP contribution in [0.4, 0.5) is 4.39 Å². The van der Waals surface area contributed by atoms with Crippen molar-refractivity contribution in [1.29, 1.82) is 0 Å². The lowest BCUT2D eigenvalue weighted by atomic mass is 9.79. The van der Waals surface area contributed by atoms with E-state index < -0.39 is 11.4 Å². The first-order valence-corrected chi connectivity index (χ1v) is 14.9. The third-order valence-electron chi connectivity index (χ3n) is 8.00. The van der Waals surface area contributed by atoms with Crippen molar-refractivity contribution in [3.05, 3.63) is 86.0 Å². The van der Waals surface area contributed by atoms with Gasteiger partial charge in [-0.15, -0.1) is 22.7 Å². The Hall–Kier alpha value is -3.10. The molecule has 2 saturated carbocycles. The van der Waals surface area contributed by atoms with E-state index in [2.05, 4.69) is 23.6 Å². The van der Waals surface area contributed by atoms with Gasteiger partial charge in [0.25, 0.3) is 5.91 Å². The van der Waals surface area contributed by atoms with Gasteiger partial charge in [0.1, 0.15) is 5.82 Å². The van der Waals surface area contributed by atoms with Crippen LogP contribution >= 0.6 is 22.7 Å². The summed E-state index contributed by atoms with van der Waals surface area (Å²) >= 11 is 3.31. The molecule has 0 radical (unpaired) electrons. The van der Waals surface area contributed by atoms with E-state index in [0.717, 1.165) is 42.7 Å². The second kappa shape index (κ2) is 10.6. The number of esters is 1. The van der Waals surface area contributed by atoms with Crippen LogP contribution in [-0.2, 0) is 19.7 Å². The van der Waals surface area contributed by atoms with Gasteiger partial charge in [-0.3, -0.25) is 9.59 Å². The average molecular weight is 549 g/mol. The minimum atomic E-state index is -0.906. The zero-order valence-corrected chi connectivity index (χ0v) is 22.6. The number of rotatable bonds is 6. The minimum Gasteiger partial charge on any atom is -0.455 e. The van der Waals surface area contributed by atoms with E-state index in [0.29, 0.717) is 18.4 Å². The van der Waals surface area contributed by atoms with Gasteiger partial charge in [-0.25, -0.2) is 9.40 Å². The number of allylic oxidation sites excluding steroid dienone is 1. The van der Waals surface area contributed by atoms with Crippen molar-refractivity contribution in [2.75, 3.05) is 6.61 Å². The van der Waals surface area contributed by atoms with Crippen LogP contribution < -0.4 is 0 Å². The molecular formula is C30H29FN2O3S2.